The van der Waals surface area contributed by atoms with E-state index in [0.717, 1.165) is 5.92 Å². The summed E-state index contributed by atoms with van der Waals surface area (Å²) < 4.78 is 0. The molecule has 0 aromatic carbocycles. The van der Waals surface area contributed by atoms with Gasteiger partial charge in [-0.2, -0.15) is 0 Å². The fourth-order valence-corrected chi connectivity index (χ4v) is 3.97. The van der Waals surface area contributed by atoms with Crippen LogP contribution < -0.4 is 0 Å². The van der Waals surface area contributed by atoms with Crippen molar-refractivity contribution in [3.05, 3.63) is 21.4 Å². The predicted molar refractivity (Wildman–Crippen MR) is 78.7 cm³/mol. The molecule has 2 unspecified atom stereocenters. The Balaban J connectivity index is 2.73. The average molecular weight is 303 g/mol. The molecule has 0 aliphatic carbocycles. The molecule has 92 valence electrons. The number of thiophene rings is 1. The summed E-state index contributed by atoms with van der Waals surface area (Å²) >= 11 is 5.78. The Morgan fingerprint density at radius 2 is 1.88 bits per heavy atom. The number of hydrogen-bond donors (Lipinski definition) is 0. The third-order valence-corrected chi connectivity index (χ3v) is 5.80. The molecule has 0 aliphatic rings. The van der Waals surface area contributed by atoms with Gasteiger partial charge in [-0.15, -0.1) is 11.3 Å². The molecule has 0 nitrogen and oxygen atoms in total. The molecule has 0 fully saturated rings. The largest absolute Gasteiger partial charge is 0.144 e. The molecule has 0 bridgehead atoms. The maximum Gasteiger partial charge on any atom is 0.0494 e. The van der Waals surface area contributed by atoms with Gasteiger partial charge >= 0.3 is 0 Å². The Hall–Kier alpha value is 0.180. The molecule has 0 N–H and O–H groups in total. The van der Waals surface area contributed by atoms with Crippen LogP contribution >= 0.6 is 27.3 Å². The summed E-state index contributed by atoms with van der Waals surface area (Å²) in [7, 11) is 0. The molecule has 0 saturated carbocycles. The summed E-state index contributed by atoms with van der Waals surface area (Å²) in [6.07, 6.45) is 1.21. The van der Waals surface area contributed by atoms with Gasteiger partial charge in [-0.25, -0.2) is 0 Å². The number of alkyl halides is 1. The zero-order valence-electron chi connectivity index (χ0n) is 11.2. The minimum Gasteiger partial charge on any atom is -0.144 e. The monoisotopic (exact) mass is 302 g/mol. The first-order chi connectivity index (χ1) is 7.21. The summed E-state index contributed by atoms with van der Waals surface area (Å²) in [5.74, 6) is 0.721. The molecule has 1 rings (SSSR count). The van der Waals surface area contributed by atoms with E-state index in [1.807, 2.05) is 11.3 Å². The Labute approximate surface area is 113 Å². The molecule has 1 heterocycles. The molecule has 2 atom stereocenters. The van der Waals surface area contributed by atoms with Crippen molar-refractivity contribution in [2.24, 2.45) is 11.3 Å². The Morgan fingerprint density at radius 3 is 2.25 bits per heavy atom. The highest BCUT2D eigenvalue weighted by Crippen LogP contribution is 2.41. The average Bonchev–Trinajstić information content (AvgIpc) is 2.43. The number of aryl methyl sites for hydroxylation is 2. The number of halogens is 1. The quantitative estimate of drug-likeness (QED) is 0.612. The van der Waals surface area contributed by atoms with E-state index < -0.39 is 0 Å². The molecular weight excluding hydrogens is 280 g/mol. The topological polar surface area (TPSA) is 0 Å². The van der Waals surface area contributed by atoms with Crippen molar-refractivity contribution in [1.29, 1.82) is 0 Å². The lowest BCUT2D eigenvalue weighted by molar-refractivity contribution is 0.247. The summed E-state index contributed by atoms with van der Waals surface area (Å²) in [6, 6.07) is 2.29. The van der Waals surface area contributed by atoms with E-state index in [-0.39, 0.29) is 0 Å². The highest BCUT2D eigenvalue weighted by atomic mass is 79.9. The van der Waals surface area contributed by atoms with Crippen LogP contribution in [0.25, 0.3) is 0 Å². The van der Waals surface area contributed by atoms with E-state index in [1.54, 1.807) is 0 Å². The third kappa shape index (κ3) is 3.59. The molecule has 2 heteroatoms. The van der Waals surface area contributed by atoms with Crippen molar-refractivity contribution in [1.82, 2.24) is 0 Å². The van der Waals surface area contributed by atoms with Gasteiger partial charge in [-0.3, -0.25) is 0 Å². The summed E-state index contributed by atoms with van der Waals surface area (Å²) in [5, 5.41) is 0. The third-order valence-electron chi connectivity index (χ3n) is 3.40. The van der Waals surface area contributed by atoms with Crippen molar-refractivity contribution >= 4 is 27.3 Å². The first kappa shape index (κ1) is 14.2. The van der Waals surface area contributed by atoms with Crippen molar-refractivity contribution in [3.8, 4) is 0 Å². The molecular formula is C14H23BrS. The molecule has 0 spiro atoms. The SMILES string of the molecule is Cc1cc(C)c(C(Br)CC(C)C(C)(C)C)s1. The lowest BCUT2D eigenvalue weighted by Gasteiger charge is -2.29. The van der Waals surface area contributed by atoms with Gasteiger partial charge in [-0.05, 0) is 43.2 Å². The van der Waals surface area contributed by atoms with Crippen LogP contribution in [0.1, 0.15) is 54.3 Å². The second-order valence-electron chi connectivity index (χ2n) is 5.87. The molecule has 1 aromatic rings. The second kappa shape index (κ2) is 5.22. The molecule has 1 aromatic heterocycles. The van der Waals surface area contributed by atoms with Crippen molar-refractivity contribution in [2.45, 2.75) is 52.8 Å². The van der Waals surface area contributed by atoms with E-state index in [9.17, 15) is 0 Å². The lowest BCUT2D eigenvalue weighted by atomic mass is 9.79. The molecule has 0 aliphatic heterocycles. The van der Waals surface area contributed by atoms with Gasteiger partial charge in [-0.1, -0.05) is 43.6 Å². The van der Waals surface area contributed by atoms with Crippen molar-refractivity contribution in [2.75, 3.05) is 0 Å². The van der Waals surface area contributed by atoms with E-state index in [0.29, 0.717) is 10.2 Å². The normalized spacial score (nSPS) is 16.2. The summed E-state index contributed by atoms with van der Waals surface area (Å²) in [5.41, 5.74) is 1.83. The minimum absolute atomic E-state index is 0.395. The van der Waals surface area contributed by atoms with Crippen LogP contribution in [0.5, 0.6) is 0 Å². The highest BCUT2D eigenvalue weighted by molar-refractivity contribution is 9.09. The van der Waals surface area contributed by atoms with Gasteiger partial charge in [0.2, 0.25) is 0 Å². The molecule has 0 radical (unpaired) electrons. The van der Waals surface area contributed by atoms with Gasteiger partial charge in [0.1, 0.15) is 0 Å². The standard InChI is InChI=1S/C14H23BrS/c1-9-7-11(3)16-13(9)12(15)8-10(2)14(4,5)6/h7,10,12H,8H2,1-6H3. The Morgan fingerprint density at radius 1 is 1.31 bits per heavy atom. The molecule has 16 heavy (non-hydrogen) atoms. The number of hydrogen-bond acceptors (Lipinski definition) is 1. The second-order valence-corrected chi connectivity index (χ2v) is 8.27. The fourth-order valence-electron chi connectivity index (χ4n) is 1.74. The van der Waals surface area contributed by atoms with Crippen LogP contribution in [0, 0.1) is 25.2 Å². The molecule has 0 saturated heterocycles. The predicted octanol–water partition coefficient (Wildman–Crippen LogP) is 5.87. The first-order valence-corrected chi connectivity index (χ1v) is 7.66. The van der Waals surface area contributed by atoms with E-state index >= 15 is 0 Å². The van der Waals surface area contributed by atoms with E-state index in [4.69, 9.17) is 0 Å². The van der Waals surface area contributed by atoms with Gasteiger partial charge in [0.15, 0.2) is 0 Å². The number of rotatable bonds is 3. The van der Waals surface area contributed by atoms with Crippen LogP contribution in [-0.2, 0) is 0 Å². The van der Waals surface area contributed by atoms with Crippen LogP contribution in [0.15, 0.2) is 6.07 Å². The van der Waals surface area contributed by atoms with Gasteiger partial charge in [0, 0.05) is 14.6 Å². The summed E-state index contributed by atoms with van der Waals surface area (Å²) in [6.45, 7) is 13.7. The van der Waals surface area contributed by atoms with E-state index in [2.05, 4.69) is 63.5 Å². The van der Waals surface area contributed by atoms with Crippen molar-refractivity contribution in [3.63, 3.8) is 0 Å². The van der Waals surface area contributed by atoms with Gasteiger partial charge in [0.25, 0.3) is 0 Å². The van der Waals surface area contributed by atoms with Crippen LogP contribution in [0.2, 0.25) is 0 Å². The van der Waals surface area contributed by atoms with Gasteiger partial charge in [0.05, 0.1) is 0 Å². The zero-order chi connectivity index (χ0) is 12.5. The van der Waals surface area contributed by atoms with E-state index in [1.165, 1.54) is 21.7 Å². The molecule has 0 amide bonds. The fraction of sp³-hybridized carbons (Fsp3) is 0.714. The van der Waals surface area contributed by atoms with Crippen LogP contribution in [-0.4, -0.2) is 0 Å². The Bertz CT molecular complexity index is 346. The zero-order valence-corrected chi connectivity index (χ0v) is 13.6. The van der Waals surface area contributed by atoms with Crippen molar-refractivity contribution < 1.29 is 0 Å². The van der Waals surface area contributed by atoms with Crippen LogP contribution in [0.4, 0.5) is 0 Å². The minimum atomic E-state index is 0.395. The smallest absolute Gasteiger partial charge is 0.0494 e. The van der Waals surface area contributed by atoms with Gasteiger partial charge < -0.3 is 0 Å². The first-order valence-electron chi connectivity index (χ1n) is 5.93. The van der Waals surface area contributed by atoms with Crippen LogP contribution in [0.3, 0.4) is 0 Å². The maximum atomic E-state index is 3.85. The Kier molecular flexibility index (Phi) is 4.65. The maximum absolute atomic E-state index is 3.85. The summed E-state index contributed by atoms with van der Waals surface area (Å²) in [4.78, 5) is 3.44. The lowest BCUT2D eigenvalue weighted by Crippen LogP contribution is -2.18. The highest BCUT2D eigenvalue weighted by Gasteiger charge is 2.24.